The maximum absolute atomic E-state index is 13.9. The standard InChI is InChI=1S/C14H17ClFNO3S/c1-9(2)13-4-3-7-17(13)14(18)11-8-10(21(15,19)20)5-6-12(11)16/h5-6,8-9,13H,3-4,7H2,1-2H3. The molecule has 0 aliphatic carbocycles. The third-order valence-corrected chi connectivity index (χ3v) is 5.13. The van der Waals surface area contributed by atoms with Gasteiger partial charge in [-0.2, -0.15) is 0 Å². The number of benzene rings is 1. The summed E-state index contributed by atoms with van der Waals surface area (Å²) >= 11 is 0. The van der Waals surface area contributed by atoms with Crippen LogP contribution in [0.1, 0.15) is 37.0 Å². The van der Waals surface area contributed by atoms with Gasteiger partial charge in [-0.05, 0) is 37.0 Å². The largest absolute Gasteiger partial charge is 0.335 e. The second-order valence-electron chi connectivity index (χ2n) is 5.53. The van der Waals surface area contributed by atoms with Gasteiger partial charge in [0, 0.05) is 23.3 Å². The van der Waals surface area contributed by atoms with Gasteiger partial charge in [-0.3, -0.25) is 4.79 Å². The zero-order valence-electron chi connectivity index (χ0n) is 11.8. The number of carbonyl (C=O) groups is 1. The molecule has 0 aromatic heterocycles. The van der Waals surface area contributed by atoms with Crippen molar-refractivity contribution in [2.24, 2.45) is 5.92 Å². The van der Waals surface area contributed by atoms with Gasteiger partial charge in [-0.25, -0.2) is 12.8 Å². The molecule has 0 N–H and O–H groups in total. The summed E-state index contributed by atoms with van der Waals surface area (Å²) in [4.78, 5) is 13.9. The van der Waals surface area contributed by atoms with Crippen molar-refractivity contribution in [2.75, 3.05) is 6.54 Å². The van der Waals surface area contributed by atoms with E-state index in [4.69, 9.17) is 10.7 Å². The van der Waals surface area contributed by atoms with E-state index >= 15 is 0 Å². The minimum atomic E-state index is -3.99. The minimum Gasteiger partial charge on any atom is -0.335 e. The first-order chi connectivity index (χ1) is 9.71. The van der Waals surface area contributed by atoms with Crippen LogP contribution in [0.2, 0.25) is 0 Å². The SMILES string of the molecule is CC(C)C1CCCN1C(=O)c1cc(S(=O)(=O)Cl)ccc1F. The molecule has 0 spiro atoms. The molecule has 1 fully saturated rings. The summed E-state index contributed by atoms with van der Waals surface area (Å²) in [6.07, 6.45) is 1.74. The molecule has 1 atom stereocenters. The van der Waals surface area contributed by atoms with Crippen molar-refractivity contribution in [1.82, 2.24) is 4.90 Å². The molecule has 2 rings (SSSR count). The maximum Gasteiger partial charge on any atom is 0.261 e. The van der Waals surface area contributed by atoms with Crippen molar-refractivity contribution in [3.8, 4) is 0 Å². The van der Waals surface area contributed by atoms with E-state index in [1.54, 1.807) is 4.90 Å². The minimum absolute atomic E-state index is 0.0492. The van der Waals surface area contributed by atoms with E-state index in [-0.39, 0.29) is 22.4 Å². The molecule has 1 aromatic carbocycles. The normalized spacial score (nSPS) is 19.3. The van der Waals surface area contributed by atoms with Gasteiger partial charge >= 0.3 is 0 Å². The Hall–Kier alpha value is -1.14. The summed E-state index contributed by atoms with van der Waals surface area (Å²) in [6, 6.07) is 3.07. The molecule has 1 amide bonds. The molecule has 116 valence electrons. The van der Waals surface area contributed by atoms with Gasteiger partial charge in [-0.15, -0.1) is 0 Å². The van der Waals surface area contributed by atoms with Crippen molar-refractivity contribution in [3.63, 3.8) is 0 Å². The molecule has 1 aliphatic heterocycles. The number of hydrogen-bond acceptors (Lipinski definition) is 3. The monoisotopic (exact) mass is 333 g/mol. The Labute approximate surface area is 128 Å². The molecular formula is C14H17ClFNO3S. The first kappa shape index (κ1) is 16.2. The van der Waals surface area contributed by atoms with Crippen LogP contribution in [0.3, 0.4) is 0 Å². The van der Waals surface area contributed by atoms with Gasteiger partial charge < -0.3 is 4.90 Å². The molecule has 1 aromatic rings. The van der Waals surface area contributed by atoms with Crippen LogP contribution in [0.5, 0.6) is 0 Å². The van der Waals surface area contributed by atoms with Crippen LogP contribution in [0.25, 0.3) is 0 Å². The lowest BCUT2D eigenvalue weighted by Gasteiger charge is -2.28. The molecule has 0 radical (unpaired) electrons. The zero-order chi connectivity index (χ0) is 15.8. The van der Waals surface area contributed by atoms with Crippen LogP contribution in [-0.4, -0.2) is 31.8 Å². The average molecular weight is 334 g/mol. The van der Waals surface area contributed by atoms with Crippen molar-refractivity contribution in [1.29, 1.82) is 0 Å². The Bertz CT molecular complexity index is 660. The Morgan fingerprint density at radius 2 is 2.10 bits per heavy atom. The highest BCUT2D eigenvalue weighted by Gasteiger charge is 2.32. The Balaban J connectivity index is 2.39. The first-order valence-corrected chi connectivity index (χ1v) is 9.08. The van der Waals surface area contributed by atoms with E-state index < -0.39 is 20.8 Å². The highest BCUT2D eigenvalue weighted by Crippen LogP contribution is 2.27. The summed E-state index contributed by atoms with van der Waals surface area (Å²) in [5, 5.41) is 0. The predicted molar refractivity (Wildman–Crippen MR) is 78.3 cm³/mol. The quantitative estimate of drug-likeness (QED) is 0.799. The van der Waals surface area contributed by atoms with Crippen molar-refractivity contribution < 1.29 is 17.6 Å². The second kappa shape index (κ2) is 5.93. The number of amides is 1. The lowest BCUT2D eigenvalue weighted by atomic mass is 10.0. The number of hydrogen-bond donors (Lipinski definition) is 0. The van der Waals surface area contributed by atoms with E-state index in [0.29, 0.717) is 6.54 Å². The number of rotatable bonds is 3. The molecule has 4 nitrogen and oxygen atoms in total. The van der Waals surface area contributed by atoms with Crippen LogP contribution in [0, 0.1) is 11.7 Å². The summed E-state index contributed by atoms with van der Waals surface area (Å²) < 4.78 is 36.6. The zero-order valence-corrected chi connectivity index (χ0v) is 13.4. The van der Waals surface area contributed by atoms with Crippen LogP contribution in [0.15, 0.2) is 23.1 Å². The van der Waals surface area contributed by atoms with E-state index in [9.17, 15) is 17.6 Å². The smallest absolute Gasteiger partial charge is 0.261 e. The summed E-state index contributed by atoms with van der Waals surface area (Å²) in [5.74, 6) is -0.955. The van der Waals surface area contributed by atoms with E-state index in [2.05, 4.69) is 0 Å². The molecule has 0 saturated carbocycles. The second-order valence-corrected chi connectivity index (χ2v) is 8.10. The average Bonchev–Trinajstić information content (AvgIpc) is 2.86. The highest BCUT2D eigenvalue weighted by atomic mass is 35.7. The fourth-order valence-corrected chi connectivity index (χ4v) is 3.49. The van der Waals surface area contributed by atoms with Gasteiger partial charge in [0.05, 0.1) is 10.5 Å². The third kappa shape index (κ3) is 3.37. The van der Waals surface area contributed by atoms with Crippen molar-refractivity contribution in [3.05, 3.63) is 29.6 Å². The van der Waals surface area contributed by atoms with E-state index in [0.717, 1.165) is 31.0 Å². The van der Waals surface area contributed by atoms with Gasteiger partial charge in [0.25, 0.3) is 15.0 Å². The number of likely N-dealkylation sites (tertiary alicyclic amines) is 1. The van der Waals surface area contributed by atoms with Crippen LogP contribution in [0.4, 0.5) is 4.39 Å². The number of carbonyl (C=O) groups excluding carboxylic acids is 1. The van der Waals surface area contributed by atoms with E-state index in [1.807, 2.05) is 13.8 Å². The predicted octanol–water partition coefficient (Wildman–Crippen LogP) is 3.01. The van der Waals surface area contributed by atoms with E-state index in [1.165, 1.54) is 0 Å². The van der Waals surface area contributed by atoms with Gasteiger partial charge in [-0.1, -0.05) is 13.8 Å². The van der Waals surface area contributed by atoms with Gasteiger partial charge in [0.15, 0.2) is 0 Å². The molecule has 1 unspecified atom stereocenters. The van der Waals surface area contributed by atoms with Crippen molar-refractivity contribution in [2.45, 2.75) is 37.6 Å². The summed E-state index contributed by atoms with van der Waals surface area (Å²) in [7, 11) is 1.26. The summed E-state index contributed by atoms with van der Waals surface area (Å²) in [6.45, 7) is 4.57. The molecule has 1 saturated heterocycles. The van der Waals surface area contributed by atoms with Crippen molar-refractivity contribution >= 4 is 25.6 Å². The van der Waals surface area contributed by atoms with Crippen LogP contribution >= 0.6 is 10.7 Å². The Morgan fingerprint density at radius 3 is 2.67 bits per heavy atom. The lowest BCUT2D eigenvalue weighted by Crippen LogP contribution is -2.39. The molecule has 1 aliphatic rings. The maximum atomic E-state index is 13.9. The molecule has 0 bridgehead atoms. The lowest BCUT2D eigenvalue weighted by molar-refractivity contribution is 0.0696. The topological polar surface area (TPSA) is 54.5 Å². The fourth-order valence-electron chi connectivity index (χ4n) is 2.71. The first-order valence-electron chi connectivity index (χ1n) is 6.77. The van der Waals surface area contributed by atoms with Gasteiger partial charge in [0.1, 0.15) is 5.82 Å². The van der Waals surface area contributed by atoms with Crippen LogP contribution in [-0.2, 0) is 9.05 Å². The summed E-state index contributed by atoms with van der Waals surface area (Å²) in [5.41, 5.74) is -0.246. The third-order valence-electron chi connectivity index (χ3n) is 3.78. The fraction of sp³-hybridized carbons (Fsp3) is 0.500. The van der Waals surface area contributed by atoms with Gasteiger partial charge in [0.2, 0.25) is 0 Å². The highest BCUT2D eigenvalue weighted by molar-refractivity contribution is 8.13. The Morgan fingerprint density at radius 1 is 1.43 bits per heavy atom. The Kier molecular flexibility index (Phi) is 4.58. The van der Waals surface area contributed by atoms with Crippen LogP contribution < -0.4 is 0 Å². The number of halogens is 2. The molecule has 1 heterocycles. The number of nitrogens with zero attached hydrogens (tertiary/aromatic N) is 1. The molecule has 21 heavy (non-hydrogen) atoms. The molecular weight excluding hydrogens is 317 g/mol. The molecule has 7 heteroatoms.